The minimum absolute atomic E-state index is 0.0595. The number of amides is 1. The van der Waals surface area contributed by atoms with E-state index >= 15 is 0 Å². The van der Waals surface area contributed by atoms with Crippen molar-refractivity contribution in [3.05, 3.63) is 35.9 Å². The Balaban J connectivity index is 1.83. The maximum atomic E-state index is 12.4. The van der Waals surface area contributed by atoms with Crippen LogP contribution in [0.4, 0.5) is 0 Å². The van der Waals surface area contributed by atoms with Gasteiger partial charge in [0, 0.05) is 19.6 Å². The molecule has 0 spiro atoms. The first-order valence-electron chi connectivity index (χ1n) is 8.19. The number of hydrogen-bond donors (Lipinski definition) is 1. The molecule has 1 aromatic rings. The van der Waals surface area contributed by atoms with E-state index in [1.165, 1.54) is 10.6 Å². The van der Waals surface area contributed by atoms with Gasteiger partial charge in [-0.05, 0) is 30.7 Å². The summed E-state index contributed by atoms with van der Waals surface area (Å²) in [5, 5.41) is 3.05. The summed E-state index contributed by atoms with van der Waals surface area (Å²) in [6.45, 7) is 3.74. The van der Waals surface area contributed by atoms with Gasteiger partial charge < -0.3 is 5.32 Å². The van der Waals surface area contributed by atoms with E-state index in [-0.39, 0.29) is 11.8 Å². The van der Waals surface area contributed by atoms with Crippen LogP contribution in [0.1, 0.15) is 37.7 Å². The highest BCUT2D eigenvalue weighted by Crippen LogP contribution is 2.21. The molecular weight excluding hydrogens is 312 g/mol. The molecule has 1 fully saturated rings. The number of sulfonamides is 1. The van der Waals surface area contributed by atoms with E-state index in [1.54, 1.807) is 0 Å². The Bertz CT molecular complexity index is 608. The molecule has 1 atom stereocenters. The molecule has 1 aliphatic heterocycles. The molecule has 1 aromatic carbocycles. The molecule has 1 heterocycles. The van der Waals surface area contributed by atoms with Gasteiger partial charge in [-0.3, -0.25) is 4.79 Å². The molecule has 0 bridgehead atoms. The molecule has 6 heteroatoms. The van der Waals surface area contributed by atoms with Gasteiger partial charge in [0.2, 0.25) is 15.9 Å². The third-order valence-electron chi connectivity index (χ3n) is 4.53. The Hall–Kier alpha value is -1.40. The lowest BCUT2D eigenvalue weighted by Gasteiger charge is -2.30. The first-order chi connectivity index (χ1) is 10.9. The van der Waals surface area contributed by atoms with Crippen molar-refractivity contribution in [3.8, 4) is 0 Å². The summed E-state index contributed by atoms with van der Waals surface area (Å²) in [5.74, 6) is 0.293. The van der Waals surface area contributed by atoms with E-state index in [9.17, 15) is 13.2 Å². The van der Waals surface area contributed by atoms with E-state index in [0.717, 1.165) is 24.8 Å². The topological polar surface area (TPSA) is 66.5 Å². The van der Waals surface area contributed by atoms with Crippen LogP contribution in [0.15, 0.2) is 30.3 Å². The molecule has 2 rings (SSSR count). The van der Waals surface area contributed by atoms with Crippen LogP contribution in [0.25, 0.3) is 0 Å². The minimum Gasteiger partial charge on any atom is -0.355 e. The maximum Gasteiger partial charge on any atom is 0.227 e. The number of benzene rings is 1. The zero-order valence-corrected chi connectivity index (χ0v) is 14.7. The second kappa shape index (κ2) is 7.93. The summed E-state index contributed by atoms with van der Waals surface area (Å²) in [6, 6.07) is 9.82. The Kier molecular flexibility index (Phi) is 6.18. The molecule has 23 heavy (non-hydrogen) atoms. The largest absolute Gasteiger partial charge is 0.355 e. The zero-order valence-electron chi connectivity index (χ0n) is 13.9. The molecule has 0 aliphatic carbocycles. The first kappa shape index (κ1) is 17.9. The number of nitrogens with zero attached hydrogens (tertiary/aromatic N) is 1. The maximum absolute atomic E-state index is 12.4. The van der Waals surface area contributed by atoms with E-state index in [2.05, 4.69) is 5.32 Å². The summed E-state index contributed by atoms with van der Waals surface area (Å²) >= 11 is 0. The van der Waals surface area contributed by atoms with Crippen molar-refractivity contribution in [3.63, 3.8) is 0 Å². The SMILES string of the molecule is CCC(C(=O)NCC1CCN(S(C)(=O)=O)CC1)c1ccccc1. The van der Waals surface area contributed by atoms with Crippen molar-refractivity contribution >= 4 is 15.9 Å². The van der Waals surface area contributed by atoms with E-state index in [1.807, 2.05) is 37.3 Å². The first-order valence-corrected chi connectivity index (χ1v) is 10.0. The van der Waals surface area contributed by atoms with Gasteiger partial charge in [-0.2, -0.15) is 0 Å². The van der Waals surface area contributed by atoms with E-state index < -0.39 is 10.0 Å². The molecule has 1 amide bonds. The number of hydrogen-bond acceptors (Lipinski definition) is 3. The summed E-state index contributed by atoms with van der Waals surface area (Å²) in [5.41, 5.74) is 1.04. The fourth-order valence-electron chi connectivity index (χ4n) is 3.07. The average Bonchev–Trinajstić information content (AvgIpc) is 2.54. The highest BCUT2D eigenvalue weighted by molar-refractivity contribution is 7.88. The monoisotopic (exact) mass is 338 g/mol. The van der Waals surface area contributed by atoms with Gasteiger partial charge in [0.25, 0.3) is 0 Å². The van der Waals surface area contributed by atoms with Crippen LogP contribution in [-0.2, 0) is 14.8 Å². The van der Waals surface area contributed by atoms with Crippen LogP contribution in [0, 0.1) is 5.92 Å². The lowest BCUT2D eigenvalue weighted by atomic mass is 9.94. The number of carbonyl (C=O) groups excluding carboxylic acids is 1. The van der Waals surface area contributed by atoms with Crippen molar-refractivity contribution in [2.75, 3.05) is 25.9 Å². The average molecular weight is 338 g/mol. The second-order valence-electron chi connectivity index (χ2n) is 6.22. The number of rotatable bonds is 6. The Morgan fingerprint density at radius 1 is 1.26 bits per heavy atom. The molecule has 1 aliphatic rings. The number of piperidine rings is 1. The zero-order chi connectivity index (χ0) is 16.9. The fourth-order valence-corrected chi connectivity index (χ4v) is 3.95. The number of carbonyl (C=O) groups is 1. The van der Waals surface area contributed by atoms with Crippen molar-refractivity contribution < 1.29 is 13.2 Å². The lowest BCUT2D eigenvalue weighted by Crippen LogP contribution is -2.41. The van der Waals surface area contributed by atoms with Gasteiger partial charge in [0.05, 0.1) is 12.2 Å². The van der Waals surface area contributed by atoms with Crippen LogP contribution in [0.3, 0.4) is 0 Å². The normalized spacial score (nSPS) is 18.5. The third-order valence-corrected chi connectivity index (χ3v) is 5.84. The molecule has 5 nitrogen and oxygen atoms in total. The summed E-state index contributed by atoms with van der Waals surface area (Å²) in [6.07, 6.45) is 3.62. The van der Waals surface area contributed by atoms with Crippen molar-refractivity contribution in [1.29, 1.82) is 0 Å². The predicted molar refractivity (Wildman–Crippen MR) is 91.6 cm³/mol. The minimum atomic E-state index is -3.09. The van der Waals surface area contributed by atoms with Gasteiger partial charge in [0.15, 0.2) is 0 Å². The second-order valence-corrected chi connectivity index (χ2v) is 8.20. The molecule has 0 radical (unpaired) electrons. The predicted octanol–water partition coefficient (Wildman–Crippen LogP) is 1.97. The molecule has 128 valence electrons. The van der Waals surface area contributed by atoms with Crippen LogP contribution < -0.4 is 5.32 Å². The van der Waals surface area contributed by atoms with E-state index in [4.69, 9.17) is 0 Å². The molecule has 0 saturated carbocycles. The van der Waals surface area contributed by atoms with E-state index in [0.29, 0.717) is 25.6 Å². The van der Waals surface area contributed by atoms with Crippen LogP contribution >= 0.6 is 0 Å². The van der Waals surface area contributed by atoms with Crippen LogP contribution in [-0.4, -0.2) is 44.5 Å². The Morgan fingerprint density at radius 3 is 2.39 bits per heavy atom. The smallest absolute Gasteiger partial charge is 0.227 e. The van der Waals surface area contributed by atoms with Crippen molar-refractivity contribution in [1.82, 2.24) is 9.62 Å². The number of nitrogens with one attached hydrogen (secondary N) is 1. The van der Waals surface area contributed by atoms with Crippen LogP contribution in [0.2, 0.25) is 0 Å². The Morgan fingerprint density at radius 2 is 1.87 bits per heavy atom. The molecule has 1 N–H and O–H groups in total. The summed E-state index contributed by atoms with van der Waals surface area (Å²) < 4.78 is 24.5. The quantitative estimate of drug-likeness (QED) is 0.862. The molecular formula is C17H26N2O3S. The molecule has 1 saturated heterocycles. The Labute approximate surface area is 139 Å². The van der Waals surface area contributed by atoms with Crippen LogP contribution in [0.5, 0.6) is 0 Å². The van der Waals surface area contributed by atoms with Crippen molar-refractivity contribution in [2.24, 2.45) is 5.92 Å². The van der Waals surface area contributed by atoms with Gasteiger partial charge in [-0.1, -0.05) is 37.3 Å². The van der Waals surface area contributed by atoms with Gasteiger partial charge in [-0.15, -0.1) is 0 Å². The standard InChI is InChI=1S/C17H26N2O3S/c1-3-16(15-7-5-4-6-8-15)17(20)18-13-14-9-11-19(12-10-14)23(2,21)22/h4-8,14,16H,3,9-13H2,1-2H3,(H,18,20). The fraction of sp³-hybridized carbons (Fsp3) is 0.588. The highest BCUT2D eigenvalue weighted by atomic mass is 32.2. The van der Waals surface area contributed by atoms with Gasteiger partial charge in [0.1, 0.15) is 0 Å². The highest BCUT2D eigenvalue weighted by Gasteiger charge is 2.26. The molecule has 0 aromatic heterocycles. The summed E-state index contributed by atoms with van der Waals surface area (Å²) in [7, 11) is -3.09. The summed E-state index contributed by atoms with van der Waals surface area (Å²) in [4.78, 5) is 12.4. The lowest BCUT2D eigenvalue weighted by molar-refractivity contribution is -0.122. The van der Waals surface area contributed by atoms with Crippen molar-refractivity contribution in [2.45, 2.75) is 32.1 Å². The van der Waals surface area contributed by atoms with Gasteiger partial charge >= 0.3 is 0 Å². The van der Waals surface area contributed by atoms with Gasteiger partial charge in [-0.25, -0.2) is 12.7 Å². The molecule has 1 unspecified atom stereocenters. The third kappa shape index (κ3) is 5.04.